The van der Waals surface area contributed by atoms with Crippen molar-refractivity contribution < 1.29 is 19.1 Å². The van der Waals surface area contributed by atoms with Crippen LogP contribution in [0.25, 0.3) is 5.53 Å². The zero-order chi connectivity index (χ0) is 10.6. The monoisotopic (exact) mass is 196 g/mol. The van der Waals surface area contributed by atoms with Gasteiger partial charge in [-0.3, -0.25) is 4.79 Å². The van der Waals surface area contributed by atoms with Gasteiger partial charge in [0, 0.05) is 5.92 Å². The maximum absolute atomic E-state index is 11.5. The van der Waals surface area contributed by atoms with Crippen molar-refractivity contribution in [3.05, 3.63) is 5.53 Å². The first-order chi connectivity index (χ1) is 6.70. The second-order valence-corrected chi connectivity index (χ2v) is 3.16. The molecule has 5 heteroatoms. The van der Waals surface area contributed by atoms with Crippen molar-refractivity contribution in [2.45, 2.75) is 26.2 Å². The molecule has 0 bridgehead atoms. The lowest BCUT2D eigenvalue weighted by Gasteiger charge is -2.21. The van der Waals surface area contributed by atoms with Gasteiger partial charge in [-0.2, -0.15) is 4.79 Å². The van der Waals surface area contributed by atoms with E-state index in [-0.39, 0.29) is 12.5 Å². The number of carbonyl (C=O) groups excluding carboxylic acids is 2. The predicted molar refractivity (Wildman–Crippen MR) is 47.6 cm³/mol. The summed E-state index contributed by atoms with van der Waals surface area (Å²) in [6, 6.07) is 0. The van der Waals surface area contributed by atoms with Crippen LogP contribution in [0.1, 0.15) is 26.2 Å². The number of rotatable bonds is 4. The SMILES string of the molecule is CCOC(=O)C(=[N+]=[N-])C(=O)C1CCC1. The Balaban J connectivity index is 2.66. The molecule has 0 radical (unpaired) electrons. The van der Waals surface area contributed by atoms with E-state index >= 15 is 0 Å². The Morgan fingerprint density at radius 3 is 2.50 bits per heavy atom. The lowest BCUT2D eigenvalue weighted by molar-refractivity contribution is -0.142. The predicted octanol–water partition coefficient (Wildman–Crippen LogP) is 0.589. The molecule has 0 aromatic rings. The van der Waals surface area contributed by atoms with E-state index in [4.69, 9.17) is 5.53 Å². The van der Waals surface area contributed by atoms with Crippen LogP contribution in [0.4, 0.5) is 0 Å². The van der Waals surface area contributed by atoms with Crippen LogP contribution in [0.15, 0.2) is 0 Å². The van der Waals surface area contributed by atoms with E-state index in [9.17, 15) is 9.59 Å². The van der Waals surface area contributed by atoms with Gasteiger partial charge in [0.1, 0.15) is 0 Å². The largest absolute Gasteiger partial charge is 0.457 e. The molecular formula is C9H12N2O3. The lowest BCUT2D eigenvalue weighted by atomic mass is 9.80. The second-order valence-electron chi connectivity index (χ2n) is 3.16. The summed E-state index contributed by atoms with van der Waals surface area (Å²) in [4.78, 5) is 25.3. The van der Waals surface area contributed by atoms with E-state index in [1.54, 1.807) is 6.92 Å². The van der Waals surface area contributed by atoms with Crippen LogP contribution in [-0.2, 0) is 14.3 Å². The molecule has 1 saturated carbocycles. The highest BCUT2D eigenvalue weighted by Gasteiger charge is 2.39. The molecule has 1 fully saturated rings. The number of hydrogen-bond donors (Lipinski definition) is 0. The molecule has 0 atom stereocenters. The van der Waals surface area contributed by atoms with Gasteiger partial charge in [0.15, 0.2) is 0 Å². The highest BCUT2D eigenvalue weighted by atomic mass is 16.5. The van der Waals surface area contributed by atoms with Crippen LogP contribution < -0.4 is 0 Å². The average Bonchev–Trinajstić information content (AvgIpc) is 2.02. The van der Waals surface area contributed by atoms with E-state index < -0.39 is 17.5 Å². The molecule has 14 heavy (non-hydrogen) atoms. The molecule has 0 unspecified atom stereocenters. The topological polar surface area (TPSA) is 79.8 Å². The number of carbonyl (C=O) groups is 2. The fraction of sp³-hybridized carbons (Fsp3) is 0.667. The minimum Gasteiger partial charge on any atom is -0.457 e. The van der Waals surface area contributed by atoms with Gasteiger partial charge in [0.05, 0.1) is 6.61 Å². The first-order valence-electron chi connectivity index (χ1n) is 4.64. The third-order valence-electron chi connectivity index (χ3n) is 2.28. The Bertz CT molecular complexity index is 301. The number of hydrogen-bond acceptors (Lipinski definition) is 3. The zero-order valence-electron chi connectivity index (χ0n) is 8.02. The lowest BCUT2D eigenvalue weighted by Crippen LogP contribution is -2.35. The molecule has 0 N–H and O–H groups in total. The standard InChI is InChI=1S/C9H12N2O3/c1-2-14-9(13)7(11-10)8(12)6-4-3-5-6/h6H,2-5H2,1H3. The summed E-state index contributed by atoms with van der Waals surface area (Å²) in [6.07, 6.45) is 2.51. The van der Waals surface area contributed by atoms with Crippen LogP contribution in [0, 0.1) is 5.92 Å². The fourth-order valence-corrected chi connectivity index (χ4v) is 1.25. The summed E-state index contributed by atoms with van der Waals surface area (Å²) < 4.78 is 4.58. The van der Waals surface area contributed by atoms with Crippen molar-refractivity contribution in [2.75, 3.05) is 6.61 Å². The molecule has 0 heterocycles. The van der Waals surface area contributed by atoms with Crippen molar-refractivity contribution in [3.63, 3.8) is 0 Å². The highest BCUT2D eigenvalue weighted by molar-refractivity contribution is 6.62. The van der Waals surface area contributed by atoms with Crippen molar-refractivity contribution >= 4 is 17.5 Å². The number of ketones is 1. The summed E-state index contributed by atoms with van der Waals surface area (Å²) in [5, 5.41) is 0. The summed E-state index contributed by atoms with van der Waals surface area (Å²) in [5.74, 6) is -1.41. The molecule has 0 aromatic heterocycles. The summed E-state index contributed by atoms with van der Waals surface area (Å²) in [5.41, 5.74) is 8.05. The van der Waals surface area contributed by atoms with E-state index in [0.717, 1.165) is 19.3 Å². The van der Waals surface area contributed by atoms with Gasteiger partial charge < -0.3 is 10.3 Å². The normalized spacial score (nSPS) is 15.2. The van der Waals surface area contributed by atoms with Crippen molar-refractivity contribution in [1.29, 1.82) is 0 Å². The van der Waals surface area contributed by atoms with Gasteiger partial charge in [-0.05, 0) is 19.8 Å². The Labute approximate surface area is 81.7 Å². The van der Waals surface area contributed by atoms with Gasteiger partial charge in [0.2, 0.25) is 0 Å². The fourth-order valence-electron chi connectivity index (χ4n) is 1.25. The van der Waals surface area contributed by atoms with Gasteiger partial charge in [-0.15, -0.1) is 0 Å². The average molecular weight is 196 g/mol. The number of ether oxygens (including phenoxy) is 1. The molecule has 0 aliphatic heterocycles. The van der Waals surface area contributed by atoms with Crippen LogP contribution in [0.3, 0.4) is 0 Å². The number of esters is 1. The van der Waals surface area contributed by atoms with Crippen molar-refractivity contribution in [1.82, 2.24) is 0 Å². The molecular weight excluding hydrogens is 184 g/mol. The smallest absolute Gasteiger partial charge is 0.441 e. The molecule has 5 nitrogen and oxygen atoms in total. The number of Topliss-reactive ketones (excluding diaryl/α,β-unsaturated/α-hetero) is 1. The van der Waals surface area contributed by atoms with Crippen molar-refractivity contribution in [2.24, 2.45) is 5.92 Å². The summed E-state index contributed by atoms with van der Waals surface area (Å²) >= 11 is 0. The first-order valence-corrected chi connectivity index (χ1v) is 4.64. The molecule has 1 aliphatic rings. The van der Waals surface area contributed by atoms with Crippen LogP contribution in [-0.4, -0.2) is 28.9 Å². The summed E-state index contributed by atoms with van der Waals surface area (Å²) in [6.45, 7) is 1.79. The summed E-state index contributed by atoms with van der Waals surface area (Å²) in [7, 11) is 0. The molecule has 1 aliphatic carbocycles. The highest BCUT2D eigenvalue weighted by Crippen LogP contribution is 2.27. The Morgan fingerprint density at radius 2 is 2.14 bits per heavy atom. The van der Waals surface area contributed by atoms with Crippen molar-refractivity contribution in [3.8, 4) is 0 Å². The van der Waals surface area contributed by atoms with Crippen LogP contribution in [0.5, 0.6) is 0 Å². The van der Waals surface area contributed by atoms with Gasteiger partial charge in [-0.25, -0.2) is 4.79 Å². The Morgan fingerprint density at radius 1 is 1.50 bits per heavy atom. The van der Waals surface area contributed by atoms with Gasteiger partial charge in [0.25, 0.3) is 5.78 Å². The number of nitrogens with zero attached hydrogens (tertiary/aromatic N) is 2. The van der Waals surface area contributed by atoms with E-state index in [1.165, 1.54) is 0 Å². The van der Waals surface area contributed by atoms with E-state index in [1.807, 2.05) is 0 Å². The van der Waals surface area contributed by atoms with Crippen LogP contribution in [0.2, 0.25) is 0 Å². The van der Waals surface area contributed by atoms with Gasteiger partial charge in [-0.1, -0.05) is 6.42 Å². The van der Waals surface area contributed by atoms with Gasteiger partial charge >= 0.3 is 11.7 Å². The van der Waals surface area contributed by atoms with Crippen LogP contribution >= 0.6 is 0 Å². The Kier molecular flexibility index (Phi) is 3.54. The van der Waals surface area contributed by atoms with E-state index in [2.05, 4.69) is 9.53 Å². The third-order valence-corrected chi connectivity index (χ3v) is 2.28. The minimum atomic E-state index is -0.841. The maximum Gasteiger partial charge on any atom is 0.441 e. The maximum atomic E-state index is 11.5. The third kappa shape index (κ3) is 2.06. The Hall–Kier alpha value is -1.48. The molecule has 0 spiro atoms. The molecule has 0 saturated heterocycles. The molecule has 0 amide bonds. The second kappa shape index (κ2) is 4.67. The quantitative estimate of drug-likeness (QED) is 0.217. The molecule has 76 valence electrons. The van der Waals surface area contributed by atoms with E-state index in [0.29, 0.717) is 0 Å². The molecule has 0 aromatic carbocycles. The molecule has 1 rings (SSSR count). The zero-order valence-corrected chi connectivity index (χ0v) is 8.02. The first kappa shape index (κ1) is 10.6. The minimum absolute atomic E-state index is 0.162.